The number of hydrogen-bond donors (Lipinski definition) is 1. The molecule has 0 unspecified atom stereocenters. The number of carbonyl (C=O) groups is 1. The zero-order valence-electron chi connectivity index (χ0n) is 20.0. The van der Waals surface area contributed by atoms with E-state index in [1.54, 1.807) is 23.1 Å². The lowest BCUT2D eigenvalue weighted by Gasteiger charge is -2.15. The lowest BCUT2D eigenvalue weighted by molar-refractivity contribution is 0.0784. The Labute approximate surface area is 200 Å². The van der Waals surface area contributed by atoms with E-state index < -0.39 is 14.2 Å². The van der Waals surface area contributed by atoms with Gasteiger partial charge in [0.25, 0.3) is 0 Å². The summed E-state index contributed by atoms with van der Waals surface area (Å²) in [6.07, 6.45) is 7.40. The normalized spacial score (nSPS) is 14.3. The van der Waals surface area contributed by atoms with Gasteiger partial charge < -0.3 is 14.8 Å². The maximum absolute atomic E-state index is 12.2. The minimum atomic E-state index is -1.16. The van der Waals surface area contributed by atoms with Crippen molar-refractivity contribution in [2.75, 3.05) is 6.61 Å². The van der Waals surface area contributed by atoms with Crippen molar-refractivity contribution in [3.05, 3.63) is 42.7 Å². The highest BCUT2D eigenvalue weighted by Gasteiger charge is 2.18. The highest BCUT2D eigenvalue weighted by molar-refractivity contribution is 6.76. The summed E-state index contributed by atoms with van der Waals surface area (Å²) in [5.41, 5.74) is 2.53. The minimum Gasteiger partial charge on any atom is -0.410 e. The third-order valence-electron chi connectivity index (χ3n) is 5.79. The van der Waals surface area contributed by atoms with E-state index in [0.29, 0.717) is 18.2 Å². The molecular weight excluding hydrogens is 448 g/mol. The molecule has 0 saturated heterocycles. The SMILES string of the molecule is C[Si](C)(C)CCOCn1nnnc1-c1cncc(-c2cccc(OC(=O)NC3CCCC3)c2)c1. The average Bonchev–Trinajstić information content (AvgIpc) is 3.48. The molecule has 1 N–H and O–H groups in total. The Bertz CT molecular complexity index is 1110. The van der Waals surface area contributed by atoms with Gasteiger partial charge in [0.15, 0.2) is 5.82 Å². The zero-order chi connectivity index (χ0) is 24.0. The van der Waals surface area contributed by atoms with E-state index in [1.807, 2.05) is 24.3 Å². The minimum absolute atomic E-state index is 0.210. The molecule has 0 aliphatic heterocycles. The van der Waals surface area contributed by atoms with E-state index in [1.165, 1.54) is 0 Å². The molecule has 0 atom stereocenters. The first-order valence-corrected chi connectivity index (χ1v) is 15.5. The van der Waals surface area contributed by atoms with Crippen LogP contribution in [0.15, 0.2) is 42.7 Å². The molecule has 0 bridgehead atoms. The standard InChI is InChI=1S/C24H32N6O3Si/c1-34(2,3)12-11-32-17-30-23(27-28-29-30)20-13-19(15-25-16-20)18-7-6-10-22(14-18)33-24(31)26-21-8-4-5-9-21/h6-7,10,13-16,21H,4-5,8-9,11-12,17H2,1-3H3,(H,26,31). The molecule has 1 saturated carbocycles. The molecule has 180 valence electrons. The molecule has 2 heterocycles. The van der Waals surface area contributed by atoms with Crippen LogP contribution in [0.3, 0.4) is 0 Å². The summed E-state index contributed by atoms with van der Waals surface area (Å²) < 4.78 is 13.0. The molecule has 1 aliphatic rings. The molecule has 1 fully saturated rings. The van der Waals surface area contributed by atoms with E-state index in [4.69, 9.17) is 9.47 Å². The first-order chi connectivity index (χ1) is 16.4. The number of benzene rings is 1. The smallest absolute Gasteiger partial charge is 0.410 e. The van der Waals surface area contributed by atoms with Crippen molar-refractivity contribution >= 4 is 14.2 Å². The van der Waals surface area contributed by atoms with Gasteiger partial charge in [-0.05, 0) is 53.1 Å². The van der Waals surface area contributed by atoms with Gasteiger partial charge in [-0.3, -0.25) is 4.98 Å². The zero-order valence-corrected chi connectivity index (χ0v) is 21.0. The van der Waals surface area contributed by atoms with Gasteiger partial charge in [-0.25, -0.2) is 4.79 Å². The number of aromatic nitrogens is 5. The third-order valence-corrected chi connectivity index (χ3v) is 7.50. The van der Waals surface area contributed by atoms with Crippen molar-refractivity contribution < 1.29 is 14.3 Å². The first-order valence-electron chi connectivity index (χ1n) is 11.8. The predicted octanol–water partition coefficient (Wildman–Crippen LogP) is 4.75. The second-order valence-corrected chi connectivity index (χ2v) is 15.5. The monoisotopic (exact) mass is 480 g/mol. The van der Waals surface area contributed by atoms with Crippen LogP contribution in [0.25, 0.3) is 22.5 Å². The van der Waals surface area contributed by atoms with Crippen LogP contribution in [0.2, 0.25) is 25.7 Å². The van der Waals surface area contributed by atoms with Crippen LogP contribution in [0.1, 0.15) is 25.7 Å². The van der Waals surface area contributed by atoms with Gasteiger partial charge in [-0.15, -0.1) is 5.10 Å². The molecule has 3 aromatic rings. The van der Waals surface area contributed by atoms with E-state index >= 15 is 0 Å². The van der Waals surface area contributed by atoms with E-state index in [-0.39, 0.29) is 12.8 Å². The Morgan fingerprint density at radius 3 is 2.71 bits per heavy atom. The lowest BCUT2D eigenvalue weighted by atomic mass is 10.1. The third kappa shape index (κ3) is 6.70. The molecule has 10 heteroatoms. The molecular formula is C24H32N6O3Si. The van der Waals surface area contributed by atoms with Crippen molar-refractivity contribution in [1.29, 1.82) is 0 Å². The summed E-state index contributed by atoms with van der Waals surface area (Å²) in [6.45, 7) is 7.93. The molecule has 1 aromatic carbocycles. The summed E-state index contributed by atoms with van der Waals surface area (Å²) in [6, 6.07) is 10.7. The quantitative estimate of drug-likeness (QED) is 0.348. The fourth-order valence-corrected chi connectivity index (χ4v) is 4.62. The summed E-state index contributed by atoms with van der Waals surface area (Å²) in [5, 5.41) is 15.0. The Morgan fingerprint density at radius 1 is 1.12 bits per heavy atom. The van der Waals surface area contributed by atoms with Crippen molar-refractivity contribution in [1.82, 2.24) is 30.5 Å². The second-order valence-electron chi connectivity index (χ2n) is 9.86. The van der Waals surface area contributed by atoms with Crippen LogP contribution < -0.4 is 10.1 Å². The molecule has 1 amide bonds. The van der Waals surface area contributed by atoms with Crippen LogP contribution in [0.4, 0.5) is 4.79 Å². The fourth-order valence-electron chi connectivity index (χ4n) is 3.86. The number of rotatable bonds is 9. The summed E-state index contributed by atoms with van der Waals surface area (Å²) in [7, 11) is -1.16. The molecule has 0 spiro atoms. The molecule has 4 rings (SSSR count). The van der Waals surface area contributed by atoms with Gasteiger partial charge in [0.05, 0.1) is 0 Å². The average molecular weight is 481 g/mol. The highest BCUT2D eigenvalue weighted by atomic mass is 28.3. The molecule has 34 heavy (non-hydrogen) atoms. The molecule has 1 aliphatic carbocycles. The number of tetrazole rings is 1. The first kappa shape index (κ1) is 24.0. The summed E-state index contributed by atoms with van der Waals surface area (Å²) in [4.78, 5) is 16.6. The van der Waals surface area contributed by atoms with Gasteiger partial charge in [0.2, 0.25) is 0 Å². The number of nitrogens with one attached hydrogen (secondary N) is 1. The predicted molar refractivity (Wildman–Crippen MR) is 132 cm³/mol. The molecule has 0 radical (unpaired) electrons. The molecule has 9 nitrogen and oxygen atoms in total. The van der Waals surface area contributed by atoms with Gasteiger partial charge in [0.1, 0.15) is 12.5 Å². The second kappa shape index (κ2) is 10.9. The number of hydrogen-bond acceptors (Lipinski definition) is 7. The maximum atomic E-state index is 12.2. The van der Waals surface area contributed by atoms with Crippen LogP contribution in [0.5, 0.6) is 5.75 Å². The highest BCUT2D eigenvalue weighted by Crippen LogP contribution is 2.27. The Balaban J connectivity index is 1.43. The number of carbonyl (C=O) groups excluding carboxylic acids is 1. The van der Waals surface area contributed by atoms with E-state index in [2.05, 4.69) is 45.5 Å². The van der Waals surface area contributed by atoms with Crippen molar-refractivity contribution in [2.24, 2.45) is 0 Å². The Hall–Kier alpha value is -3.11. The number of nitrogens with zero attached hydrogens (tertiary/aromatic N) is 5. The molecule has 2 aromatic heterocycles. The topological polar surface area (TPSA) is 104 Å². The van der Waals surface area contributed by atoms with Gasteiger partial charge in [0, 0.05) is 44.2 Å². The van der Waals surface area contributed by atoms with Crippen LogP contribution in [-0.2, 0) is 11.5 Å². The van der Waals surface area contributed by atoms with Crippen LogP contribution in [0, 0.1) is 0 Å². The van der Waals surface area contributed by atoms with Gasteiger partial charge in [-0.1, -0.05) is 44.6 Å². The van der Waals surface area contributed by atoms with Crippen LogP contribution >= 0.6 is 0 Å². The van der Waals surface area contributed by atoms with Crippen molar-refractivity contribution in [3.63, 3.8) is 0 Å². The Morgan fingerprint density at radius 2 is 1.91 bits per heavy atom. The largest absolute Gasteiger partial charge is 0.412 e. The summed E-state index contributed by atoms with van der Waals surface area (Å²) in [5.74, 6) is 1.07. The van der Waals surface area contributed by atoms with E-state index in [0.717, 1.165) is 48.4 Å². The van der Waals surface area contributed by atoms with E-state index in [9.17, 15) is 4.79 Å². The fraction of sp³-hybridized carbons (Fsp3) is 0.458. The summed E-state index contributed by atoms with van der Waals surface area (Å²) >= 11 is 0. The number of pyridine rings is 1. The van der Waals surface area contributed by atoms with Gasteiger partial charge in [-0.2, -0.15) is 4.68 Å². The van der Waals surface area contributed by atoms with Crippen LogP contribution in [-0.4, -0.2) is 52.0 Å². The van der Waals surface area contributed by atoms with Gasteiger partial charge >= 0.3 is 6.09 Å². The Kier molecular flexibility index (Phi) is 7.68. The van der Waals surface area contributed by atoms with Crippen molar-refractivity contribution in [3.8, 4) is 28.3 Å². The number of ether oxygens (including phenoxy) is 2. The maximum Gasteiger partial charge on any atom is 0.412 e. The lowest BCUT2D eigenvalue weighted by Crippen LogP contribution is -2.34. The number of amides is 1. The van der Waals surface area contributed by atoms with Crippen molar-refractivity contribution in [2.45, 2.75) is 64.1 Å².